The molecular formula is C19H30ClFN4O2. The molecule has 0 aromatic heterocycles. The normalized spacial score (nSPS) is 17.6. The Hall–Kier alpha value is -1.86. The molecule has 1 aliphatic rings. The van der Waals surface area contributed by atoms with Gasteiger partial charge in [-0.15, -0.1) is 12.4 Å². The maximum atomic E-state index is 12.9. The summed E-state index contributed by atoms with van der Waals surface area (Å²) in [5.41, 5.74) is 0.799. The molecule has 1 aliphatic heterocycles. The molecule has 0 aliphatic carbocycles. The van der Waals surface area contributed by atoms with Gasteiger partial charge in [0, 0.05) is 25.7 Å². The van der Waals surface area contributed by atoms with Crippen molar-refractivity contribution in [2.45, 2.75) is 51.2 Å². The lowest BCUT2D eigenvalue weighted by Gasteiger charge is -2.35. The molecule has 1 aromatic carbocycles. The SMILES string of the molecule is CCCC(NC(=O)NCc1ccc(F)cc1)C(=O)N1CCCC(NC)C1.Cl. The summed E-state index contributed by atoms with van der Waals surface area (Å²) in [6.45, 7) is 3.68. The lowest BCUT2D eigenvalue weighted by Crippen LogP contribution is -2.55. The Bertz CT molecular complexity index is 600. The van der Waals surface area contributed by atoms with Gasteiger partial charge in [0.2, 0.25) is 5.91 Å². The average Bonchev–Trinajstić information content (AvgIpc) is 2.66. The van der Waals surface area contributed by atoms with Gasteiger partial charge in [-0.1, -0.05) is 25.5 Å². The van der Waals surface area contributed by atoms with Gasteiger partial charge in [-0.3, -0.25) is 4.79 Å². The number of carbonyl (C=O) groups excluding carboxylic acids is 2. The van der Waals surface area contributed by atoms with Gasteiger partial charge < -0.3 is 20.9 Å². The van der Waals surface area contributed by atoms with Crippen molar-refractivity contribution in [1.82, 2.24) is 20.9 Å². The summed E-state index contributed by atoms with van der Waals surface area (Å²) >= 11 is 0. The molecule has 2 unspecified atom stereocenters. The van der Waals surface area contributed by atoms with Crippen LogP contribution in [0.2, 0.25) is 0 Å². The number of halogens is 2. The summed E-state index contributed by atoms with van der Waals surface area (Å²) < 4.78 is 12.9. The fourth-order valence-corrected chi connectivity index (χ4v) is 3.17. The summed E-state index contributed by atoms with van der Waals surface area (Å²) in [6, 6.07) is 5.35. The molecular weight excluding hydrogens is 371 g/mol. The molecule has 0 bridgehead atoms. The van der Waals surface area contributed by atoms with Crippen molar-refractivity contribution >= 4 is 24.3 Å². The van der Waals surface area contributed by atoms with E-state index in [0.717, 1.165) is 31.4 Å². The van der Waals surface area contributed by atoms with Crippen LogP contribution < -0.4 is 16.0 Å². The first-order chi connectivity index (χ1) is 12.5. The van der Waals surface area contributed by atoms with Gasteiger partial charge in [0.25, 0.3) is 0 Å². The van der Waals surface area contributed by atoms with E-state index in [1.165, 1.54) is 12.1 Å². The second-order valence-corrected chi connectivity index (χ2v) is 6.71. The van der Waals surface area contributed by atoms with Crippen LogP contribution in [0.15, 0.2) is 24.3 Å². The van der Waals surface area contributed by atoms with E-state index in [4.69, 9.17) is 0 Å². The maximum absolute atomic E-state index is 12.9. The van der Waals surface area contributed by atoms with Crippen LogP contribution in [0.25, 0.3) is 0 Å². The monoisotopic (exact) mass is 400 g/mol. The Balaban J connectivity index is 0.00000364. The molecule has 1 heterocycles. The number of likely N-dealkylation sites (N-methyl/N-ethyl adjacent to an activating group) is 1. The van der Waals surface area contributed by atoms with Gasteiger partial charge in [0.05, 0.1) is 0 Å². The van der Waals surface area contributed by atoms with Gasteiger partial charge in [-0.05, 0) is 44.0 Å². The molecule has 0 radical (unpaired) electrons. The van der Waals surface area contributed by atoms with E-state index in [1.807, 2.05) is 18.9 Å². The van der Waals surface area contributed by atoms with Crippen LogP contribution in [0.1, 0.15) is 38.2 Å². The molecule has 2 rings (SSSR count). The zero-order valence-electron chi connectivity index (χ0n) is 16.0. The van der Waals surface area contributed by atoms with Crippen molar-refractivity contribution in [3.63, 3.8) is 0 Å². The molecule has 152 valence electrons. The molecule has 8 heteroatoms. The Kier molecular flexibility index (Phi) is 10.1. The largest absolute Gasteiger partial charge is 0.339 e. The van der Waals surface area contributed by atoms with Gasteiger partial charge in [0.15, 0.2) is 0 Å². The fourth-order valence-electron chi connectivity index (χ4n) is 3.17. The number of benzene rings is 1. The van der Waals surface area contributed by atoms with E-state index in [-0.39, 0.29) is 36.7 Å². The topological polar surface area (TPSA) is 73.5 Å². The first-order valence-corrected chi connectivity index (χ1v) is 9.28. The zero-order valence-corrected chi connectivity index (χ0v) is 16.8. The van der Waals surface area contributed by atoms with Crippen LogP contribution in [0, 0.1) is 5.82 Å². The molecule has 2 atom stereocenters. The minimum absolute atomic E-state index is 0. The second-order valence-electron chi connectivity index (χ2n) is 6.71. The number of piperidine rings is 1. The highest BCUT2D eigenvalue weighted by atomic mass is 35.5. The molecule has 3 N–H and O–H groups in total. The van der Waals surface area contributed by atoms with Crippen LogP contribution in [-0.2, 0) is 11.3 Å². The molecule has 1 fully saturated rings. The Labute approximate surface area is 166 Å². The van der Waals surface area contributed by atoms with Gasteiger partial charge in [-0.2, -0.15) is 0 Å². The van der Waals surface area contributed by atoms with Gasteiger partial charge >= 0.3 is 6.03 Å². The molecule has 0 spiro atoms. The number of carbonyl (C=O) groups is 2. The zero-order chi connectivity index (χ0) is 18.9. The van der Waals surface area contributed by atoms with Gasteiger partial charge in [-0.25, -0.2) is 9.18 Å². The van der Waals surface area contributed by atoms with Crippen LogP contribution in [0.4, 0.5) is 9.18 Å². The first-order valence-electron chi connectivity index (χ1n) is 9.28. The van der Waals surface area contributed by atoms with Crippen LogP contribution >= 0.6 is 12.4 Å². The fraction of sp³-hybridized carbons (Fsp3) is 0.579. The lowest BCUT2D eigenvalue weighted by atomic mass is 10.0. The van der Waals surface area contributed by atoms with E-state index >= 15 is 0 Å². The molecule has 0 saturated carbocycles. The predicted octanol–water partition coefficient (Wildman–Crippen LogP) is 2.43. The standard InChI is InChI=1S/C19H29FN4O2.ClH/c1-3-5-17(18(25)24-11-4-6-16(13-24)21-2)23-19(26)22-12-14-7-9-15(20)10-8-14;/h7-10,16-17,21H,3-6,11-13H2,1-2H3,(H2,22,23,26);1H. The Morgan fingerprint density at radius 3 is 2.63 bits per heavy atom. The van der Waals surface area contributed by atoms with Crippen molar-refractivity contribution in [2.24, 2.45) is 0 Å². The summed E-state index contributed by atoms with van der Waals surface area (Å²) in [7, 11) is 1.91. The number of nitrogens with one attached hydrogen (secondary N) is 3. The number of rotatable bonds is 7. The van der Waals surface area contributed by atoms with Crippen LogP contribution in [-0.4, -0.2) is 49.1 Å². The van der Waals surface area contributed by atoms with Crippen molar-refractivity contribution in [3.8, 4) is 0 Å². The van der Waals surface area contributed by atoms with Gasteiger partial charge in [0.1, 0.15) is 11.9 Å². The quantitative estimate of drug-likeness (QED) is 0.658. The third kappa shape index (κ3) is 7.34. The van der Waals surface area contributed by atoms with Crippen molar-refractivity contribution in [1.29, 1.82) is 0 Å². The van der Waals surface area contributed by atoms with E-state index in [0.29, 0.717) is 19.0 Å². The lowest BCUT2D eigenvalue weighted by molar-refractivity contribution is -0.134. The number of nitrogens with zero attached hydrogens (tertiary/aromatic N) is 1. The smallest absolute Gasteiger partial charge is 0.315 e. The molecule has 1 aromatic rings. The first kappa shape index (κ1) is 23.2. The highest BCUT2D eigenvalue weighted by molar-refractivity contribution is 5.87. The molecule has 6 nitrogen and oxygen atoms in total. The van der Waals surface area contributed by atoms with Crippen LogP contribution in [0.3, 0.4) is 0 Å². The Morgan fingerprint density at radius 2 is 2.00 bits per heavy atom. The number of hydrogen-bond acceptors (Lipinski definition) is 3. The second kappa shape index (κ2) is 11.8. The molecule has 27 heavy (non-hydrogen) atoms. The summed E-state index contributed by atoms with van der Waals surface area (Å²) in [5, 5.41) is 8.75. The van der Waals surface area contributed by atoms with E-state index in [2.05, 4.69) is 16.0 Å². The molecule has 3 amide bonds. The minimum Gasteiger partial charge on any atom is -0.339 e. The number of amides is 3. The third-order valence-corrected chi connectivity index (χ3v) is 4.69. The Morgan fingerprint density at radius 1 is 1.30 bits per heavy atom. The van der Waals surface area contributed by atoms with Crippen molar-refractivity contribution in [3.05, 3.63) is 35.6 Å². The summed E-state index contributed by atoms with van der Waals surface area (Å²) in [6.07, 6.45) is 3.43. The van der Waals surface area contributed by atoms with Crippen LogP contribution in [0.5, 0.6) is 0 Å². The maximum Gasteiger partial charge on any atom is 0.315 e. The average molecular weight is 401 g/mol. The van der Waals surface area contributed by atoms with Crippen molar-refractivity contribution in [2.75, 3.05) is 20.1 Å². The molecule has 1 saturated heterocycles. The number of urea groups is 1. The number of hydrogen-bond donors (Lipinski definition) is 3. The predicted molar refractivity (Wildman–Crippen MR) is 106 cm³/mol. The highest BCUT2D eigenvalue weighted by Crippen LogP contribution is 2.13. The van der Waals surface area contributed by atoms with E-state index < -0.39 is 6.04 Å². The van der Waals surface area contributed by atoms with E-state index in [9.17, 15) is 14.0 Å². The summed E-state index contributed by atoms with van der Waals surface area (Å²) in [5.74, 6) is -0.336. The summed E-state index contributed by atoms with van der Waals surface area (Å²) in [4.78, 5) is 26.8. The minimum atomic E-state index is -0.524. The number of likely N-dealkylation sites (tertiary alicyclic amines) is 1. The third-order valence-electron chi connectivity index (χ3n) is 4.69. The highest BCUT2D eigenvalue weighted by Gasteiger charge is 2.28. The van der Waals surface area contributed by atoms with Crippen molar-refractivity contribution < 1.29 is 14.0 Å². The van der Waals surface area contributed by atoms with E-state index in [1.54, 1.807) is 12.1 Å².